The Kier molecular flexibility index (Phi) is 5.72. The van der Waals surface area contributed by atoms with Crippen molar-refractivity contribution in [2.45, 2.75) is 26.2 Å². The van der Waals surface area contributed by atoms with E-state index >= 15 is 0 Å². The molecule has 1 aliphatic rings. The second kappa shape index (κ2) is 8.59. The summed E-state index contributed by atoms with van der Waals surface area (Å²) in [5, 5.41) is 5.15. The van der Waals surface area contributed by atoms with Gasteiger partial charge in [0.1, 0.15) is 0 Å². The molecule has 0 atom stereocenters. The van der Waals surface area contributed by atoms with Crippen LogP contribution in [0.1, 0.15) is 46.0 Å². The lowest BCUT2D eigenvalue weighted by Crippen LogP contribution is -2.32. The number of carbonyl (C=O) groups is 3. The van der Waals surface area contributed by atoms with Gasteiger partial charge in [0.05, 0.1) is 16.8 Å². The Hall–Kier alpha value is -3.32. The Morgan fingerprint density at radius 2 is 1.70 bits per heavy atom. The van der Waals surface area contributed by atoms with Gasteiger partial charge < -0.3 is 5.32 Å². The quantitative estimate of drug-likeness (QED) is 0.576. The SMILES string of the molecule is CCCc1ccc(-c2csc(NC(=O)CCN3C(=O)c4ccccc4C3=O)n2)cc1. The van der Waals surface area contributed by atoms with Crippen molar-refractivity contribution < 1.29 is 14.4 Å². The first-order chi connectivity index (χ1) is 14.6. The van der Waals surface area contributed by atoms with Crippen LogP contribution < -0.4 is 5.32 Å². The van der Waals surface area contributed by atoms with Crippen LogP contribution in [0.3, 0.4) is 0 Å². The van der Waals surface area contributed by atoms with Gasteiger partial charge >= 0.3 is 0 Å². The number of aromatic nitrogens is 1. The number of nitrogens with one attached hydrogen (secondary N) is 1. The molecule has 2 heterocycles. The topological polar surface area (TPSA) is 79.4 Å². The molecule has 0 fully saturated rings. The van der Waals surface area contributed by atoms with Gasteiger partial charge in [-0.25, -0.2) is 4.98 Å². The van der Waals surface area contributed by atoms with E-state index in [-0.39, 0.29) is 30.7 Å². The highest BCUT2D eigenvalue weighted by atomic mass is 32.1. The van der Waals surface area contributed by atoms with Gasteiger partial charge in [-0.15, -0.1) is 11.3 Å². The minimum absolute atomic E-state index is 0.0199. The second-order valence-electron chi connectivity index (χ2n) is 7.09. The molecule has 6 nitrogen and oxygen atoms in total. The maximum absolute atomic E-state index is 12.4. The molecule has 0 spiro atoms. The average Bonchev–Trinajstić information content (AvgIpc) is 3.31. The van der Waals surface area contributed by atoms with Crippen molar-refractivity contribution in [1.82, 2.24) is 9.88 Å². The molecule has 0 aliphatic carbocycles. The minimum atomic E-state index is -0.355. The monoisotopic (exact) mass is 419 g/mol. The normalized spacial score (nSPS) is 12.9. The van der Waals surface area contributed by atoms with Crippen molar-refractivity contribution >= 4 is 34.2 Å². The van der Waals surface area contributed by atoms with Gasteiger partial charge in [0.25, 0.3) is 11.8 Å². The third kappa shape index (κ3) is 4.02. The lowest BCUT2D eigenvalue weighted by molar-refractivity contribution is -0.116. The number of benzene rings is 2. The zero-order chi connectivity index (χ0) is 21.1. The van der Waals surface area contributed by atoms with E-state index in [4.69, 9.17) is 0 Å². The van der Waals surface area contributed by atoms with Gasteiger partial charge in [-0.05, 0) is 24.1 Å². The summed E-state index contributed by atoms with van der Waals surface area (Å²) in [6, 6.07) is 15.0. The smallest absolute Gasteiger partial charge is 0.261 e. The van der Waals surface area contributed by atoms with Crippen LogP contribution in [-0.2, 0) is 11.2 Å². The van der Waals surface area contributed by atoms with Crippen LogP contribution >= 0.6 is 11.3 Å². The fourth-order valence-electron chi connectivity index (χ4n) is 3.43. The van der Waals surface area contributed by atoms with Gasteiger partial charge in [0, 0.05) is 23.9 Å². The standard InChI is InChI=1S/C23H21N3O3S/c1-2-5-15-8-10-16(11-9-15)19-14-30-23(24-19)25-20(27)12-13-26-21(28)17-6-3-4-7-18(17)22(26)29/h3-4,6-11,14H,2,5,12-13H2,1H3,(H,24,25,27). The summed E-state index contributed by atoms with van der Waals surface area (Å²) in [7, 11) is 0. The van der Waals surface area contributed by atoms with Crippen molar-refractivity contribution in [2.75, 3.05) is 11.9 Å². The number of hydrogen-bond acceptors (Lipinski definition) is 5. The fraction of sp³-hybridized carbons (Fsp3) is 0.217. The molecule has 1 N–H and O–H groups in total. The molecule has 1 aromatic heterocycles. The number of anilines is 1. The number of carbonyl (C=O) groups excluding carboxylic acids is 3. The van der Waals surface area contributed by atoms with E-state index < -0.39 is 0 Å². The maximum atomic E-state index is 12.4. The summed E-state index contributed by atoms with van der Waals surface area (Å²) in [6.07, 6.45) is 2.17. The van der Waals surface area contributed by atoms with E-state index in [1.165, 1.54) is 16.9 Å². The van der Waals surface area contributed by atoms with Crippen LogP contribution in [0, 0.1) is 0 Å². The fourth-order valence-corrected chi connectivity index (χ4v) is 4.17. The molecule has 0 unspecified atom stereocenters. The largest absolute Gasteiger partial charge is 0.302 e. The van der Waals surface area contributed by atoms with Crippen LogP contribution in [0.2, 0.25) is 0 Å². The molecule has 3 amide bonds. The Morgan fingerprint density at radius 1 is 1.03 bits per heavy atom. The Labute approximate surface area is 178 Å². The predicted octanol–water partition coefficient (Wildman–Crippen LogP) is 4.39. The van der Waals surface area contributed by atoms with Crippen LogP contribution in [0.15, 0.2) is 53.9 Å². The van der Waals surface area contributed by atoms with Crippen molar-refractivity contribution in [3.05, 3.63) is 70.6 Å². The Morgan fingerprint density at radius 3 is 2.33 bits per heavy atom. The summed E-state index contributed by atoms with van der Waals surface area (Å²) in [5.41, 5.74) is 3.87. The van der Waals surface area contributed by atoms with Gasteiger partial charge in [0.15, 0.2) is 5.13 Å². The van der Waals surface area contributed by atoms with E-state index in [2.05, 4.69) is 29.4 Å². The first kappa shape index (κ1) is 20.0. The van der Waals surface area contributed by atoms with Crippen LogP contribution in [0.5, 0.6) is 0 Å². The third-order valence-electron chi connectivity index (χ3n) is 4.98. The number of fused-ring (bicyclic) bond motifs is 1. The van der Waals surface area contributed by atoms with E-state index in [9.17, 15) is 14.4 Å². The average molecular weight is 420 g/mol. The molecule has 0 radical (unpaired) electrons. The highest BCUT2D eigenvalue weighted by Crippen LogP contribution is 2.26. The van der Waals surface area contributed by atoms with Crippen LogP contribution in [0.25, 0.3) is 11.3 Å². The van der Waals surface area contributed by atoms with E-state index in [1.807, 2.05) is 17.5 Å². The maximum Gasteiger partial charge on any atom is 0.261 e. The molecule has 30 heavy (non-hydrogen) atoms. The molecule has 0 saturated heterocycles. The number of nitrogens with zero attached hydrogens (tertiary/aromatic N) is 2. The Balaban J connectivity index is 1.34. The summed E-state index contributed by atoms with van der Waals surface area (Å²) in [5.74, 6) is -0.997. The van der Waals surface area contributed by atoms with Crippen molar-refractivity contribution in [3.8, 4) is 11.3 Å². The number of thiazole rings is 1. The predicted molar refractivity (Wildman–Crippen MR) is 117 cm³/mol. The van der Waals surface area contributed by atoms with Gasteiger partial charge in [-0.2, -0.15) is 0 Å². The van der Waals surface area contributed by atoms with E-state index in [0.717, 1.165) is 29.0 Å². The zero-order valence-corrected chi connectivity index (χ0v) is 17.4. The lowest BCUT2D eigenvalue weighted by atomic mass is 10.1. The number of hydrogen-bond donors (Lipinski definition) is 1. The van der Waals surface area contributed by atoms with Gasteiger partial charge in [-0.3, -0.25) is 19.3 Å². The van der Waals surface area contributed by atoms with Crippen LogP contribution in [-0.4, -0.2) is 34.2 Å². The first-order valence-corrected chi connectivity index (χ1v) is 10.7. The molecule has 0 bridgehead atoms. The second-order valence-corrected chi connectivity index (χ2v) is 7.95. The summed E-state index contributed by atoms with van der Waals surface area (Å²) in [4.78, 5) is 42.7. The highest BCUT2D eigenvalue weighted by Gasteiger charge is 2.34. The zero-order valence-electron chi connectivity index (χ0n) is 16.6. The molecule has 3 aromatic rings. The minimum Gasteiger partial charge on any atom is -0.302 e. The third-order valence-corrected chi connectivity index (χ3v) is 5.74. The molecule has 0 saturated carbocycles. The molecule has 152 valence electrons. The first-order valence-electron chi connectivity index (χ1n) is 9.86. The van der Waals surface area contributed by atoms with E-state index in [1.54, 1.807) is 24.3 Å². The lowest BCUT2D eigenvalue weighted by Gasteiger charge is -2.12. The molecule has 7 heteroatoms. The van der Waals surface area contributed by atoms with Gasteiger partial charge in [-0.1, -0.05) is 49.7 Å². The van der Waals surface area contributed by atoms with Crippen molar-refractivity contribution in [2.24, 2.45) is 0 Å². The number of aryl methyl sites for hydroxylation is 1. The number of rotatable bonds is 7. The molecule has 4 rings (SSSR count). The van der Waals surface area contributed by atoms with E-state index in [0.29, 0.717) is 16.3 Å². The highest BCUT2D eigenvalue weighted by molar-refractivity contribution is 7.14. The van der Waals surface area contributed by atoms with Crippen LogP contribution in [0.4, 0.5) is 5.13 Å². The molecular formula is C23H21N3O3S. The summed E-state index contributed by atoms with van der Waals surface area (Å²) < 4.78 is 0. The molecule has 2 aromatic carbocycles. The summed E-state index contributed by atoms with van der Waals surface area (Å²) >= 11 is 1.35. The number of imide groups is 1. The van der Waals surface area contributed by atoms with Gasteiger partial charge in [0.2, 0.25) is 5.91 Å². The van der Waals surface area contributed by atoms with Crippen molar-refractivity contribution in [1.29, 1.82) is 0 Å². The molecule has 1 aliphatic heterocycles. The summed E-state index contributed by atoms with van der Waals surface area (Å²) in [6.45, 7) is 2.19. The van der Waals surface area contributed by atoms with Crippen molar-refractivity contribution in [3.63, 3.8) is 0 Å². The Bertz CT molecular complexity index is 1070. The molecular weight excluding hydrogens is 398 g/mol. The number of amides is 3.